The molecule has 0 aromatic carbocycles. The molecule has 260 valence electrons. The summed E-state index contributed by atoms with van der Waals surface area (Å²) >= 11 is 0. The minimum absolute atomic E-state index is 0. The van der Waals surface area contributed by atoms with Gasteiger partial charge >= 0.3 is 119 Å². The van der Waals surface area contributed by atoms with Crippen LogP contribution in [0.1, 0.15) is 194 Å². The van der Waals surface area contributed by atoms with Crippen molar-refractivity contribution in [2.75, 3.05) is 13.2 Å². The van der Waals surface area contributed by atoms with E-state index in [1.54, 1.807) is 0 Å². The maximum atomic E-state index is 10.2. The Balaban J connectivity index is -0.000000367. The van der Waals surface area contributed by atoms with Crippen LogP contribution in [0.15, 0.2) is 24.3 Å². The second-order valence-electron chi connectivity index (χ2n) is 12.0. The van der Waals surface area contributed by atoms with Gasteiger partial charge in [0, 0.05) is 0 Å². The van der Waals surface area contributed by atoms with Crippen LogP contribution in [-0.2, 0) is 18.2 Å². The molecule has 0 radical (unpaired) electrons. The SMILES string of the molecule is CCCCCCCC/C=C\CCCCCCCCO[P+](=O)[O-].CCCCCCCC/C=C\CCCCCCCCO[P+](=O)[O-].[K+].[K+]. The van der Waals surface area contributed by atoms with Crippen molar-refractivity contribution in [3.63, 3.8) is 0 Å². The molecule has 0 aliphatic rings. The van der Waals surface area contributed by atoms with E-state index in [0.29, 0.717) is 13.2 Å². The van der Waals surface area contributed by atoms with Gasteiger partial charge in [0.2, 0.25) is 0 Å². The fraction of sp³-hybridized carbons (Fsp3) is 0.889. The minimum Gasteiger partial charge on any atom is -0.566 e. The van der Waals surface area contributed by atoms with Crippen LogP contribution in [0.5, 0.6) is 0 Å². The van der Waals surface area contributed by atoms with E-state index in [1.807, 2.05) is 0 Å². The predicted octanol–water partition coefficient (Wildman–Crippen LogP) is 6.12. The number of rotatable bonds is 34. The molecule has 2 unspecified atom stereocenters. The van der Waals surface area contributed by atoms with Crippen LogP contribution < -0.4 is 113 Å². The molecule has 0 saturated heterocycles. The topological polar surface area (TPSA) is 98.7 Å². The van der Waals surface area contributed by atoms with Gasteiger partial charge in [-0.15, -0.1) is 9.05 Å². The smallest absolute Gasteiger partial charge is 0.566 e. The molecule has 0 aliphatic carbocycles. The van der Waals surface area contributed by atoms with Crippen molar-refractivity contribution in [1.29, 1.82) is 0 Å². The van der Waals surface area contributed by atoms with Crippen molar-refractivity contribution in [1.82, 2.24) is 0 Å². The van der Waals surface area contributed by atoms with Crippen molar-refractivity contribution in [3.8, 4) is 0 Å². The Morgan fingerprint density at radius 1 is 0.391 bits per heavy atom. The molecule has 0 N–H and O–H groups in total. The molecule has 2 atom stereocenters. The van der Waals surface area contributed by atoms with Gasteiger partial charge in [-0.2, -0.15) is 0 Å². The molecule has 0 fully saturated rings. The van der Waals surface area contributed by atoms with Gasteiger partial charge in [0.05, 0.1) is 0 Å². The summed E-state index contributed by atoms with van der Waals surface area (Å²) in [6.45, 7) is 5.21. The van der Waals surface area contributed by atoms with Crippen molar-refractivity contribution in [2.45, 2.75) is 194 Å². The maximum absolute atomic E-state index is 10.2. The second-order valence-corrected chi connectivity index (χ2v) is 13.4. The van der Waals surface area contributed by atoms with Gasteiger partial charge in [-0.25, -0.2) is 0 Å². The van der Waals surface area contributed by atoms with Gasteiger partial charge in [-0.1, -0.05) is 154 Å². The van der Waals surface area contributed by atoms with Crippen molar-refractivity contribution >= 4 is 16.5 Å². The molecule has 0 aromatic rings. The Kier molecular flexibility index (Phi) is 63.0. The number of hydrogen-bond acceptors (Lipinski definition) is 6. The zero-order valence-electron chi connectivity index (χ0n) is 30.9. The molecule has 0 aliphatic heterocycles. The van der Waals surface area contributed by atoms with Crippen LogP contribution in [0, 0.1) is 0 Å². The van der Waals surface area contributed by atoms with Gasteiger partial charge in [-0.3, -0.25) is 0 Å². The number of unbranched alkanes of at least 4 members (excludes halogenated alkanes) is 24. The predicted molar refractivity (Wildman–Crippen MR) is 186 cm³/mol. The van der Waals surface area contributed by atoms with Crippen LogP contribution in [0.25, 0.3) is 0 Å². The summed E-state index contributed by atoms with van der Waals surface area (Å²) in [4.78, 5) is 20.3. The van der Waals surface area contributed by atoms with E-state index in [0.717, 1.165) is 25.7 Å². The largest absolute Gasteiger partial charge is 1.00 e. The molecule has 0 bridgehead atoms. The van der Waals surface area contributed by atoms with Crippen molar-refractivity contribution < 1.29 is 131 Å². The van der Waals surface area contributed by atoms with Gasteiger partial charge < -0.3 is 9.79 Å². The van der Waals surface area contributed by atoms with E-state index in [9.17, 15) is 18.9 Å². The first-order chi connectivity index (χ1) is 21.5. The maximum Gasteiger partial charge on any atom is 1.00 e. The molecule has 0 rings (SSSR count). The molecule has 0 amide bonds. The van der Waals surface area contributed by atoms with Gasteiger partial charge in [0.1, 0.15) is 13.2 Å². The van der Waals surface area contributed by atoms with Gasteiger partial charge in [0.25, 0.3) is 0 Å². The van der Waals surface area contributed by atoms with E-state index in [4.69, 9.17) is 0 Å². The number of allylic oxidation sites excluding steroid dienone is 4. The third kappa shape index (κ3) is 59.0. The molecule has 0 aromatic heterocycles. The molecule has 0 heterocycles. The average Bonchev–Trinajstić information content (AvgIpc) is 3.00. The Bertz CT molecular complexity index is 600. The van der Waals surface area contributed by atoms with Crippen molar-refractivity contribution in [2.24, 2.45) is 0 Å². The first-order valence-corrected chi connectivity index (χ1v) is 20.6. The quantitative estimate of drug-likeness (QED) is 0.0342. The van der Waals surface area contributed by atoms with Gasteiger partial charge in [0.15, 0.2) is 0 Å². The number of hydrogen-bond donors (Lipinski definition) is 0. The molecule has 0 spiro atoms. The third-order valence-electron chi connectivity index (χ3n) is 7.71. The normalized spacial score (nSPS) is 11.7. The first-order valence-electron chi connectivity index (χ1n) is 18.4. The Morgan fingerprint density at radius 3 is 0.848 bits per heavy atom. The molecular formula is C36H70K2O6P2+2. The summed E-state index contributed by atoms with van der Waals surface area (Å²) in [7, 11) is -5.30. The summed E-state index contributed by atoms with van der Waals surface area (Å²) < 4.78 is 29.3. The van der Waals surface area contributed by atoms with E-state index < -0.39 is 16.5 Å². The van der Waals surface area contributed by atoms with Crippen LogP contribution in [0.3, 0.4) is 0 Å². The Morgan fingerprint density at radius 2 is 0.609 bits per heavy atom. The Labute approximate surface area is 373 Å². The van der Waals surface area contributed by atoms with Gasteiger partial charge in [-0.05, 0) is 73.3 Å². The Hall–Kier alpha value is 2.79. The molecule has 46 heavy (non-hydrogen) atoms. The monoisotopic (exact) mass is 738 g/mol. The van der Waals surface area contributed by atoms with E-state index in [1.165, 1.54) is 154 Å². The second kappa shape index (κ2) is 52.2. The fourth-order valence-electron chi connectivity index (χ4n) is 4.98. The third-order valence-corrected chi connectivity index (χ3v) is 8.49. The molecule has 0 saturated carbocycles. The molecular weight excluding hydrogens is 669 g/mol. The summed E-state index contributed by atoms with van der Waals surface area (Å²) in [5, 5.41) is 0. The van der Waals surface area contributed by atoms with Crippen LogP contribution in [0.2, 0.25) is 0 Å². The zero-order valence-corrected chi connectivity index (χ0v) is 38.9. The van der Waals surface area contributed by atoms with E-state index in [2.05, 4.69) is 47.2 Å². The van der Waals surface area contributed by atoms with E-state index in [-0.39, 0.29) is 103 Å². The van der Waals surface area contributed by atoms with Crippen molar-refractivity contribution in [3.05, 3.63) is 24.3 Å². The summed E-state index contributed by atoms with van der Waals surface area (Å²) in [5.41, 5.74) is 0. The first kappa shape index (κ1) is 55.5. The molecule has 10 heteroatoms. The van der Waals surface area contributed by atoms with Crippen LogP contribution in [-0.4, -0.2) is 13.2 Å². The standard InChI is InChI=1S/2C18H35O3P.2K/c2*1-2-3-4-5-6-7-8-9-10-11-12-13-14-15-16-17-18-21-22(19)20;;/h2*9-10H,2-8,11-18H2,1H3;;/q;;2*+1/b2*10-9-;;. The van der Waals surface area contributed by atoms with E-state index >= 15 is 0 Å². The minimum atomic E-state index is -2.65. The average molecular weight is 739 g/mol. The summed E-state index contributed by atoms with van der Waals surface area (Å²) in [6.07, 6.45) is 44.6. The molecule has 6 nitrogen and oxygen atoms in total. The zero-order chi connectivity index (χ0) is 32.6. The summed E-state index contributed by atoms with van der Waals surface area (Å²) in [5.74, 6) is 0. The van der Waals surface area contributed by atoms with Crippen LogP contribution >= 0.6 is 16.5 Å². The fourth-order valence-corrected chi connectivity index (χ4v) is 5.53. The summed E-state index contributed by atoms with van der Waals surface area (Å²) in [6, 6.07) is 0. The van der Waals surface area contributed by atoms with Crippen LogP contribution in [0.4, 0.5) is 0 Å².